The van der Waals surface area contributed by atoms with Gasteiger partial charge in [-0.15, -0.1) is 0 Å². The van der Waals surface area contributed by atoms with Crippen LogP contribution in [0.4, 0.5) is 8.78 Å². The maximum Gasteiger partial charge on any atom is 0.312 e. The second kappa shape index (κ2) is 2.44. The molecule has 0 aromatic rings. The second-order valence-electron chi connectivity index (χ2n) is 1.38. The highest BCUT2D eigenvalue weighted by atomic mass is 32.2. The predicted octanol–water partition coefficient (Wildman–Crippen LogP) is 1.53. The fourth-order valence-corrected chi connectivity index (χ4v) is 0.538. The van der Waals surface area contributed by atoms with Crippen LogP contribution in [0.2, 0.25) is 0 Å². The van der Waals surface area contributed by atoms with E-state index >= 15 is 0 Å². The van der Waals surface area contributed by atoms with Crippen LogP contribution in [0.3, 0.4) is 0 Å². The first kappa shape index (κ1) is 7.88. The zero-order valence-electron chi connectivity index (χ0n) is 4.57. The van der Waals surface area contributed by atoms with Gasteiger partial charge in [0.25, 0.3) is 5.12 Å². The molecule has 4 heteroatoms. The van der Waals surface area contributed by atoms with Crippen molar-refractivity contribution in [3.63, 3.8) is 0 Å². The molecule has 0 bridgehead atoms. The standard InChI is InChI=1S/C4H6F2OS/c1-4(5,6)3(7)8-2/h1-2H3. The monoisotopic (exact) mass is 140 g/mol. The van der Waals surface area contributed by atoms with Crippen molar-refractivity contribution in [1.29, 1.82) is 0 Å². The number of thioether (sulfide) groups is 1. The fourth-order valence-electron chi connectivity index (χ4n) is 0.179. The van der Waals surface area contributed by atoms with E-state index in [4.69, 9.17) is 0 Å². The lowest BCUT2D eigenvalue weighted by molar-refractivity contribution is -0.130. The van der Waals surface area contributed by atoms with Gasteiger partial charge in [0, 0.05) is 6.92 Å². The van der Waals surface area contributed by atoms with E-state index < -0.39 is 11.0 Å². The van der Waals surface area contributed by atoms with Gasteiger partial charge >= 0.3 is 5.92 Å². The van der Waals surface area contributed by atoms with E-state index in [0.717, 1.165) is 0 Å². The van der Waals surface area contributed by atoms with E-state index in [-0.39, 0.29) is 0 Å². The first-order valence-corrected chi connectivity index (χ1v) is 3.17. The number of rotatable bonds is 1. The number of carbonyl (C=O) groups is 1. The Morgan fingerprint density at radius 3 is 2.00 bits per heavy atom. The highest BCUT2D eigenvalue weighted by molar-refractivity contribution is 8.13. The fraction of sp³-hybridized carbons (Fsp3) is 0.750. The van der Waals surface area contributed by atoms with Crippen molar-refractivity contribution in [2.45, 2.75) is 12.8 Å². The van der Waals surface area contributed by atoms with E-state index in [0.29, 0.717) is 18.7 Å². The summed E-state index contributed by atoms with van der Waals surface area (Å²) in [6, 6.07) is 0. The summed E-state index contributed by atoms with van der Waals surface area (Å²) in [7, 11) is 0. The molecule has 0 rings (SSSR count). The number of hydrogen-bond donors (Lipinski definition) is 0. The highest BCUT2D eigenvalue weighted by Crippen LogP contribution is 2.18. The molecule has 0 atom stereocenters. The third-order valence-electron chi connectivity index (χ3n) is 0.544. The lowest BCUT2D eigenvalue weighted by Crippen LogP contribution is -2.20. The van der Waals surface area contributed by atoms with Gasteiger partial charge in [-0.2, -0.15) is 8.78 Å². The molecule has 0 aliphatic rings. The molecule has 0 heterocycles. The van der Waals surface area contributed by atoms with Crippen molar-refractivity contribution in [3.8, 4) is 0 Å². The maximum atomic E-state index is 11.7. The average Bonchev–Trinajstić information content (AvgIpc) is 1.62. The molecule has 0 radical (unpaired) electrons. The van der Waals surface area contributed by atoms with E-state index in [1.165, 1.54) is 6.26 Å². The molecule has 0 aromatic heterocycles. The zero-order valence-corrected chi connectivity index (χ0v) is 5.39. The first-order valence-electron chi connectivity index (χ1n) is 1.94. The van der Waals surface area contributed by atoms with Crippen LogP contribution < -0.4 is 0 Å². The van der Waals surface area contributed by atoms with Gasteiger partial charge in [-0.25, -0.2) is 0 Å². The Morgan fingerprint density at radius 2 is 2.00 bits per heavy atom. The summed E-state index contributed by atoms with van der Waals surface area (Å²) in [6.07, 6.45) is 1.33. The van der Waals surface area contributed by atoms with Gasteiger partial charge in [0.15, 0.2) is 0 Å². The summed E-state index contributed by atoms with van der Waals surface area (Å²) in [5, 5.41) is -1.09. The van der Waals surface area contributed by atoms with Crippen molar-refractivity contribution in [3.05, 3.63) is 0 Å². The molecule has 0 fully saturated rings. The molecule has 1 nitrogen and oxygen atoms in total. The lowest BCUT2D eigenvalue weighted by Gasteiger charge is -2.03. The molecule has 8 heavy (non-hydrogen) atoms. The Hall–Kier alpha value is -0.120. The largest absolute Gasteiger partial charge is 0.312 e. The number of halogens is 2. The van der Waals surface area contributed by atoms with Crippen LogP contribution in [-0.2, 0) is 4.79 Å². The second-order valence-corrected chi connectivity index (χ2v) is 2.16. The van der Waals surface area contributed by atoms with E-state index in [2.05, 4.69) is 0 Å². The molecule has 48 valence electrons. The summed E-state index contributed by atoms with van der Waals surface area (Å²) in [4.78, 5) is 10.0. The number of hydrogen-bond acceptors (Lipinski definition) is 2. The number of carbonyl (C=O) groups excluding carboxylic acids is 1. The third-order valence-corrected chi connectivity index (χ3v) is 1.27. The van der Waals surface area contributed by atoms with E-state index in [1.807, 2.05) is 0 Å². The molecular formula is C4H6F2OS. The van der Waals surface area contributed by atoms with Gasteiger partial charge in [-0.1, -0.05) is 11.8 Å². The quantitative estimate of drug-likeness (QED) is 0.549. The minimum absolute atomic E-state index is 0.543. The number of alkyl halides is 2. The summed E-state index contributed by atoms with van der Waals surface area (Å²) in [5.41, 5.74) is 0. The Labute approximate surface area is 50.4 Å². The topological polar surface area (TPSA) is 17.1 Å². The summed E-state index contributed by atoms with van der Waals surface area (Å²) < 4.78 is 23.5. The lowest BCUT2D eigenvalue weighted by atomic mass is 10.4. The van der Waals surface area contributed by atoms with Crippen molar-refractivity contribution >= 4 is 16.9 Å². The van der Waals surface area contributed by atoms with Crippen LogP contribution in [0.1, 0.15) is 6.92 Å². The predicted molar refractivity (Wildman–Crippen MR) is 29.1 cm³/mol. The van der Waals surface area contributed by atoms with Crippen molar-refractivity contribution in [2.75, 3.05) is 6.26 Å². The summed E-state index contributed by atoms with van der Waals surface area (Å²) in [6.45, 7) is 0.589. The maximum absolute atomic E-state index is 11.7. The van der Waals surface area contributed by atoms with Gasteiger partial charge < -0.3 is 0 Å². The molecule has 0 spiro atoms. The molecule has 0 saturated heterocycles. The van der Waals surface area contributed by atoms with Crippen LogP contribution >= 0.6 is 11.8 Å². The third kappa shape index (κ3) is 2.26. The summed E-state index contributed by atoms with van der Waals surface area (Å²) in [5.74, 6) is -3.17. The molecular weight excluding hydrogens is 134 g/mol. The van der Waals surface area contributed by atoms with Crippen LogP contribution in [0, 0.1) is 0 Å². The van der Waals surface area contributed by atoms with Crippen LogP contribution in [0.25, 0.3) is 0 Å². The molecule has 0 N–H and O–H groups in total. The van der Waals surface area contributed by atoms with Crippen LogP contribution in [0.15, 0.2) is 0 Å². The molecule has 0 unspecified atom stereocenters. The molecule has 0 aromatic carbocycles. The van der Waals surface area contributed by atoms with Crippen LogP contribution in [-0.4, -0.2) is 17.3 Å². The van der Waals surface area contributed by atoms with Gasteiger partial charge in [-0.3, -0.25) is 4.79 Å². The molecule has 0 aliphatic carbocycles. The zero-order chi connectivity index (χ0) is 6.78. The van der Waals surface area contributed by atoms with Gasteiger partial charge in [0.1, 0.15) is 0 Å². The molecule has 0 amide bonds. The molecule has 0 saturated carbocycles. The average molecular weight is 140 g/mol. The minimum Gasteiger partial charge on any atom is -0.280 e. The van der Waals surface area contributed by atoms with Crippen molar-refractivity contribution in [2.24, 2.45) is 0 Å². The van der Waals surface area contributed by atoms with Crippen molar-refractivity contribution in [1.82, 2.24) is 0 Å². The Kier molecular flexibility index (Phi) is 2.40. The Balaban J connectivity index is 3.82. The van der Waals surface area contributed by atoms with Crippen LogP contribution in [0.5, 0.6) is 0 Å². The van der Waals surface area contributed by atoms with E-state index in [9.17, 15) is 13.6 Å². The normalized spacial score (nSPS) is 11.5. The Morgan fingerprint density at radius 1 is 1.62 bits per heavy atom. The van der Waals surface area contributed by atoms with Gasteiger partial charge in [0.2, 0.25) is 0 Å². The first-order chi connectivity index (χ1) is 3.48. The molecule has 0 aliphatic heterocycles. The van der Waals surface area contributed by atoms with Crippen molar-refractivity contribution < 1.29 is 13.6 Å². The smallest absolute Gasteiger partial charge is 0.280 e. The highest BCUT2D eigenvalue weighted by Gasteiger charge is 2.30. The summed E-state index contributed by atoms with van der Waals surface area (Å²) >= 11 is 0.543. The SMILES string of the molecule is CSC(=O)C(C)(F)F. The van der Waals surface area contributed by atoms with E-state index in [1.54, 1.807) is 0 Å². The Bertz CT molecular complexity index is 96.7. The minimum atomic E-state index is -3.17. The van der Waals surface area contributed by atoms with Gasteiger partial charge in [-0.05, 0) is 6.26 Å². The van der Waals surface area contributed by atoms with Gasteiger partial charge in [0.05, 0.1) is 0 Å².